The Bertz CT molecular complexity index is 365. The number of benzene rings is 1. The minimum atomic E-state index is 1.10. The lowest BCUT2D eigenvalue weighted by molar-refractivity contribution is 1.35. The van der Waals surface area contributed by atoms with Gasteiger partial charge in [-0.3, -0.25) is 0 Å². The lowest BCUT2D eigenvalue weighted by atomic mass is 10.2. The van der Waals surface area contributed by atoms with Crippen LogP contribution in [-0.4, -0.2) is 4.37 Å². The Morgan fingerprint density at radius 2 is 1.71 bits per heavy atom. The first-order chi connectivity index (χ1) is 6.86. The maximum atomic E-state index is 4.23. The van der Waals surface area contributed by atoms with E-state index in [4.69, 9.17) is 0 Å². The molecular weight excluding hydrogens is 190 g/mol. The third-order valence-corrected chi connectivity index (χ3v) is 2.62. The molecule has 0 aliphatic rings. The molecule has 2 heteroatoms. The van der Waals surface area contributed by atoms with Crippen molar-refractivity contribution in [2.75, 3.05) is 0 Å². The number of nitrogens with zero attached hydrogens (tertiary/aromatic N) is 1. The van der Waals surface area contributed by atoms with Gasteiger partial charge in [0.25, 0.3) is 0 Å². The molecular formula is C12H15NS. The SMILES string of the molecule is CC.Cc1cc(-c2ccccc2)sn1. The molecule has 0 aliphatic carbocycles. The fourth-order valence-corrected chi connectivity index (χ4v) is 1.86. The van der Waals surface area contributed by atoms with Crippen molar-refractivity contribution in [3.05, 3.63) is 42.1 Å². The molecule has 0 amide bonds. The van der Waals surface area contributed by atoms with Crippen molar-refractivity contribution >= 4 is 11.5 Å². The Morgan fingerprint density at radius 1 is 1.07 bits per heavy atom. The summed E-state index contributed by atoms with van der Waals surface area (Å²) in [4.78, 5) is 1.24. The first-order valence-electron chi connectivity index (χ1n) is 4.85. The van der Waals surface area contributed by atoms with Crippen molar-refractivity contribution in [2.24, 2.45) is 0 Å². The second kappa shape index (κ2) is 5.55. The number of hydrogen-bond donors (Lipinski definition) is 0. The number of aromatic nitrogens is 1. The van der Waals surface area contributed by atoms with Crippen LogP contribution in [0.15, 0.2) is 36.4 Å². The molecule has 2 rings (SSSR count). The number of rotatable bonds is 1. The number of hydrogen-bond acceptors (Lipinski definition) is 2. The molecule has 1 heterocycles. The van der Waals surface area contributed by atoms with E-state index in [1.165, 1.54) is 10.4 Å². The molecule has 0 unspecified atom stereocenters. The maximum absolute atomic E-state index is 4.23. The van der Waals surface area contributed by atoms with Gasteiger partial charge in [0.1, 0.15) is 0 Å². The van der Waals surface area contributed by atoms with E-state index in [9.17, 15) is 0 Å². The largest absolute Gasteiger partial charge is 0.197 e. The van der Waals surface area contributed by atoms with Crippen LogP contribution in [0.3, 0.4) is 0 Å². The summed E-state index contributed by atoms with van der Waals surface area (Å²) in [5.41, 5.74) is 2.35. The molecule has 0 N–H and O–H groups in total. The highest BCUT2D eigenvalue weighted by Crippen LogP contribution is 2.23. The Hall–Kier alpha value is -1.15. The van der Waals surface area contributed by atoms with E-state index < -0.39 is 0 Å². The van der Waals surface area contributed by atoms with Gasteiger partial charge in [-0.2, -0.15) is 4.37 Å². The average Bonchev–Trinajstić information content (AvgIpc) is 2.69. The van der Waals surface area contributed by atoms with E-state index in [-0.39, 0.29) is 0 Å². The lowest BCUT2D eigenvalue weighted by Crippen LogP contribution is -1.68. The zero-order chi connectivity index (χ0) is 10.4. The van der Waals surface area contributed by atoms with E-state index >= 15 is 0 Å². The van der Waals surface area contributed by atoms with Crippen LogP contribution < -0.4 is 0 Å². The second-order valence-electron chi connectivity index (χ2n) is 2.70. The predicted octanol–water partition coefficient (Wildman–Crippen LogP) is 4.14. The van der Waals surface area contributed by atoms with Gasteiger partial charge in [0.2, 0.25) is 0 Å². The van der Waals surface area contributed by atoms with Gasteiger partial charge in [-0.25, -0.2) is 0 Å². The summed E-state index contributed by atoms with van der Waals surface area (Å²) in [6.07, 6.45) is 0. The molecule has 0 atom stereocenters. The molecule has 0 spiro atoms. The normalized spacial score (nSPS) is 9.07. The summed E-state index contributed by atoms with van der Waals surface area (Å²) in [5.74, 6) is 0. The summed E-state index contributed by atoms with van der Waals surface area (Å²) in [6.45, 7) is 6.02. The molecule has 0 fully saturated rings. The molecule has 0 bridgehead atoms. The van der Waals surface area contributed by atoms with Gasteiger partial charge in [-0.1, -0.05) is 44.2 Å². The Labute approximate surface area is 89.6 Å². The summed E-state index contributed by atoms with van der Waals surface area (Å²) < 4.78 is 4.23. The molecule has 1 aromatic carbocycles. The fraction of sp³-hybridized carbons (Fsp3) is 0.250. The fourth-order valence-electron chi connectivity index (χ4n) is 1.10. The van der Waals surface area contributed by atoms with Crippen LogP contribution in [0.25, 0.3) is 10.4 Å². The van der Waals surface area contributed by atoms with E-state index in [0.717, 1.165) is 5.69 Å². The smallest absolute Gasteiger partial charge is 0.0552 e. The van der Waals surface area contributed by atoms with Gasteiger partial charge >= 0.3 is 0 Å². The van der Waals surface area contributed by atoms with Crippen molar-refractivity contribution in [1.29, 1.82) is 0 Å². The minimum Gasteiger partial charge on any atom is -0.197 e. The molecule has 14 heavy (non-hydrogen) atoms. The highest BCUT2D eigenvalue weighted by atomic mass is 32.1. The predicted molar refractivity (Wildman–Crippen MR) is 63.6 cm³/mol. The van der Waals surface area contributed by atoms with Gasteiger partial charge < -0.3 is 0 Å². The van der Waals surface area contributed by atoms with Crippen molar-refractivity contribution in [2.45, 2.75) is 20.8 Å². The Morgan fingerprint density at radius 3 is 2.21 bits per heavy atom. The van der Waals surface area contributed by atoms with Crippen molar-refractivity contribution in [3.8, 4) is 10.4 Å². The molecule has 1 aromatic heterocycles. The molecule has 1 nitrogen and oxygen atoms in total. The first-order valence-corrected chi connectivity index (χ1v) is 5.62. The quantitative estimate of drug-likeness (QED) is 0.681. The van der Waals surface area contributed by atoms with Gasteiger partial charge in [0.15, 0.2) is 0 Å². The van der Waals surface area contributed by atoms with Gasteiger partial charge in [0.05, 0.1) is 10.6 Å². The van der Waals surface area contributed by atoms with E-state index in [1.807, 2.05) is 39.0 Å². The lowest BCUT2D eigenvalue weighted by Gasteiger charge is -1.92. The maximum Gasteiger partial charge on any atom is 0.0552 e. The molecule has 0 aliphatic heterocycles. The van der Waals surface area contributed by atoms with Crippen LogP contribution in [0.1, 0.15) is 19.5 Å². The number of aryl methyl sites for hydroxylation is 1. The summed E-state index contributed by atoms with van der Waals surface area (Å²) >= 11 is 1.55. The third-order valence-electron chi connectivity index (χ3n) is 1.69. The topological polar surface area (TPSA) is 12.9 Å². The third kappa shape index (κ3) is 2.67. The highest BCUT2D eigenvalue weighted by molar-refractivity contribution is 7.09. The molecule has 74 valence electrons. The molecule has 2 aromatic rings. The van der Waals surface area contributed by atoms with Crippen LogP contribution in [-0.2, 0) is 0 Å². The molecule has 0 radical (unpaired) electrons. The first kappa shape index (κ1) is 10.9. The Kier molecular flexibility index (Phi) is 4.33. The Balaban J connectivity index is 0.000000461. The zero-order valence-corrected chi connectivity index (χ0v) is 9.64. The van der Waals surface area contributed by atoms with E-state index in [2.05, 4.69) is 22.6 Å². The van der Waals surface area contributed by atoms with E-state index in [0.29, 0.717) is 0 Å². The second-order valence-corrected chi connectivity index (χ2v) is 3.50. The standard InChI is InChI=1S/C10H9NS.C2H6/c1-8-7-10(12-11-8)9-5-3-2-4-6-9;1-2/h2-7H,1H3;1-2H3. The molecule has 0 saturated carbocycles. The van der Waals surface area contributed by atoms with Gasteiger partial charge in [-0.15, -0.1) is 0 Å². The monoisotopic (exact) mass is 205 g/mol. The van der Waals surface area contributed by atoms with Crippen molar-refractivity contribution in [1.82, 2.24) is 4.37 Å². The van der Waals surface area contributed by atoms with Crippen LogP contribution in [0.2, 0.25) is 0 Å². The van der Waals surface area contributed by atoms with Crippen LogP contribution >= 0.6 is 11.5 Å². The van der Waals surface area contributed by atoms with Crippen LogP contribution in [0.4, 0.5) is 0 Å². The summed E-state index contributed by atoms with van der Waals surface area (Å²) in [7, 11) is 0. The van der Waals surface area contributed by atoms with E-state index in [1.54, 1.807) is 11.5 Å². The summed E-state index contributed by atoms with van der Waals surface area (Å²) in [6, 6.07) is 12.4. The van der Waals surface area contributed by atoms with Crippen LogP contribution in [0, 0.1) is 6.92 Å². The van der Waals surface area contributed by atoms with Gasteiger partial charge in [-0.05, 0) is 30.1 Å². The summed E-state index contributed by atoms with van der Waals surface area (Å²) in [5, 5.41) is 0. The van der Waals surface area contributed by atoms with Gasteiger partial charge in [0, 0.05) is 0 Å². The van der Waals surface area contributed by atoms with Crippen molar-refractivity contribution < 1.29 is 0 Å². The van der Waals surface area contributed by atoms with Crippen LogP contribution in [0.5, 0.6) is 0 Å². The zero-order valence-electron chi connectivity index (χ0n) is 8.82. The average molecular weight is 205 g/mol. The molecule has 0 saturated heterocycles. The highest BCUT2D eigenvalue weighted by Gasteiger charge is 1.99. The minimum absolute atomic E-state index is 1.10. The van der Waals surface area contributed by atoms with Crippen molar-refractivity contribution in [3.63, 3.8) is 0 Å².